The molecule has 206 valence electrons. The maximum Gasteiger partial charge on any atom is 0.261 e. The van der Waals surface area contributed by atoms with Gasteiger partial charge in [0.05, 0.1) is 25.0 Å². The molecule has 0 bridgehead atoms. The number of carbonyl (C=O) groups is 1. The van der Waals surface area contributed by atoms with E-state index in [4.69, 9.17) is 13.9 Å². The van der Waals surface area contributed by atoms with E-state index in [9.17, 15) is 4.79 Å². The second-order valence-corrected chi connectivity index (χ2v) is 16.8. The van der Waals surface area contributed by atoms with Crippen LogP contribution < -0.4 is 10.4 Å². The molecule has 2 aromatic rings. The molecule has 0 spiro atoms. The lowest BCUT2D eigenvalue weighted by Crippen LogP contribution is -2.68. The molecule has 0 N–H and O–H groups in total. The van der Waals surface area contributed by atoms with Crippen molar-refractivity contribution in [2.75, 3.05) is 20.8 Å². The van der Waals surface area contributed by atoms with Crippen molar-refractivity contribution in [3.63, 3.8) is 0 Å². The van der Waals surface area contributed by atoms with Crippen molar-refractivity contribution in [3.05, 3.63) is 97.3 Å². The molecule has 0 aromatic heterocycles. The Morgan fingerprint density at radius 2 is 1.54 bits per heavy atom. The molecule has 3 aliphatic carbocycles. The Kier molecular flexibility index (Phi) is 6.93. The zero-order valence-corrected chi connectivity index (χ0v) is 25.1. The van der Waals surface area contributed by atoms with Gasteiger partial charge in [-0.05, 0) is 40.2 Å². The van der Waals surface area contributed by atoms with Crippen molar-refractivity contribution in [2.24, 2.45) is 16.7 Å². The van der Waals surface area contributed by atoms with E-state index in [0.717, 1.165) is 18.6 Å². The highest BCUT2D eigenvalue weighted by Gasteiger charge is 2.92. The van der Waals surface area contributed by atoms with Crippen molar-refractivity contribution >= 4 is 24.5 Å². The molecule has 4 nitrogen and oxygen atoms in total. The van der Waals surface area contributed by atoms with Gasteiger partial charge in [-0.2, -0.15) is 0 Å². The van der Waals surface area contributed by atoms with Gasteiger partial charge in [0, 0.05) is 18.9 Å². The fourth-order valence-electron chi connectivity index (χ4n) is 8.67. The third-order valence-corrected chi connectivity index (χ3v) is 14.8. The first-order chi connectivity index (χ1) is 18.7. The predicted molar refractivity (Wildman–Crippen MR) is 160 cm³/mol. The van der Waals surface area contributed by atoms with Gasteiger partial charge in [-0.25, -0.2) is 0 Å². The number of ether oxygens (including phenoxy) is 2. The summed E-state index contributed by atoms with van der Waals surface area (Å²) in [5, 5.41) is 2.24. The van der Waals surface area contributed by atoms with E-state index < -0.39 is 19.3 Å². The van der Waals surface area contributed by atoms with Gasteiger partial charge in [-0.1, -0.05) is 93.6 Å². The quantitative estimate of drug-likeness (QED) is 0.259. The van der Waals surface area contributed by atoms with E-state index in [1.165, 1.54) is 15.9 Å². The topological polar surface area (TPSA) is 44.8 Å². The first-order valence-electron chi connectivity index (χ1n) is 14.0. The Morgan fingerprint density at radius 3 is 2.00 bits per heavy atom. The molecule has 2 saturated carbocycles. The highest BCUT2D eigenvalue weighted by Crippen LogP contribution is 2.84. The van der Waals surface area contributed by atoms with Crippen LogP contribution in [0.4, 0.5) is 0 Å². The van der Waals surface area contributed by atoms with Gasteiger partial charge in [0.25, 0.3) is 8.32 Å². The van der Waals surface area contributed by atoms with Gasteiger partial charge in [0.15, 0.2) is 0 Å². The Bertz CT molecular complexity index is 1250. The molecule has 2 aromatic carbocycles. The summed E-state index contributed by atoms with van der Waals surface area (Å²) in [6, 6.07) is 21.3. The molecule has 2 fully saturated rings. The molecule has 3 aliphatic rings. The van der Waals surface area contributed by atoms with Gasteiger partial charge in [-0.3, -0.25) is 4.79 Å². The Balaban J connectivity index is 1.73. The van der Waals surface area contributed by atoms with Crippen LogP contribution in [-0.4, -0.2) is 40.5 Å². The van der Waals surface area contributed by atoms with Crippen LogP contribution in [0.3, 0.4) is 0 Å². The zero-order chi connectivity index (χ0) is 28.1. The number of hydrogen-bond donors (Lipinski definition) is 0. The highest BCUT2D eigenvalue weighted by atomic mass is 28.4. The lowest BCUT2D eigenvalue weighted by Gasteiger charge is -2.50. The standard InChI is InChI=1S/C34H42O4Si/c1-8-16-25-22-32(21-9-2)29-28(35)23-33(30(25)36-6,34(29,32)37-7)24-38-39(31(3,4)5,26-17-12-10-13-18-26)27-19-14-11-15-20-27/h8-15,17-20,29H,1-2,16,21-24H2,3-7H3/t29-,32+,33-,34+/m1/s1. The summed E-state index contributed by atoms with van der Waals surface area (Å²) in [5.74, 6) is 0.912. The summed E-state index contributed by atoms with van der Waals surface area (Å²) in [6.45, 7) is 15.3. The Labute approximate surface area is 234 Å². The van der Waals surface area contributed by atoms with E-state index in [-0.39, 0.29) is 22.2 Å². The molecule has 0 saturated heterocycles. The van der Waals surface area contributed by atoms with E-state index >= 15 is 0 Å². The highest BCUT2D eigenvalue weighted by molar-refractivity contribution is 6.99. The first-order valence-corrected chi connectivity index (χ1v) is 15.9. The average Bonchev–Trinajstić information content (AvgIpc) is 3.41. The number of ketones is 1. The number of carbonyl (C=O) groups excluding carboxylic acids is 1. The summed E-state index contributed by atoms with van der Waals surface area (Å²) >= 11 is 0. The van der Waals surface area contributed by atoms with E-state index in [1.54, 1.807) is 14.2 Å². The lowest BCUT2D eigenvalue weighted by molar-refractivity contribution is -0.124. The molecule has 5 rings (SSSR count). The number of allylic oxidation sites excluding steroid dienone is 3. The number of fused-ring (bicyclic) bond motifs is 1. The Morgan fingerprint density at radius 1 is 0.949 bits per heavy atom. The van der Waals surface area contributed by atoms with Crippen molar-refractivity contribution in [1.82, 2.24) is 0 Å². The molecular weight excluding hydrogens is 500 g/mol. The zero-order valence-electron chi connectivity index (χ0n) is 24.1. The van der Waals surface area contributed by atoms with Crippen molar-refractivity contribution in [2.45, 2.75) is 57.1 Å². The van der Waals surface area contributed by atoms with Gasteiger partial charge in [0.2, 0.25) is 0 Å². The monoisotopic (exact) mass is 542 g/mol. The molecule has 0 heterocycles. The number of methoxy groups -OCH3 is 2. The molecule has 0 aliphatic heterocycles. The molecule has 4 atom stereocenters. The van der Waals surface area contributed by atoms with Crippen LogP contribution in [0.1, 0.15) is 46.5 Å². The van der Waals surface area contributed by atoms with Gasteiger partial charge >= 0.3 is 0 Å². The molecule has 0 unspecified atom stereocenters. The van der Waals surface area contributed by atoms with E-state index in [2.05, 4.69) is 94.6 Å². The van der Waals surface area contributed by atoms with Crippen LogP contribution >= 0.6 is 0 Å². The first kappa shape index (κ1) is 27.8. The van der Waals surface area contributed by atoms with Gasteiger partial charge in [-0.15, -0.1) is 13.2 Å². The maximum absolute atomic E-state index is 13.8. The van der Waals surface area contributed by atoms with Gasteiger partial charge < -0.3 is 13.9 Å². The van der Waals surface area contributed by atoms with Crippen molar-refractivity contribution in [3.8, 4) is 0 Å². The van der Waals surface area contributed by atoms with E-state index in [1.807, 2.05) is 12.2 Å². The van der Waals surface area contributed by atoms with Crippen LogP contribution in [-0.2, 0) is 18.7 Å². The van der Waals surface area contributed by atoms with Crippen LogP contribution in [0.15, 0.2) is 97.3 Å². The second-order valence-electron chi connectivity index (χ2n) is 12.5. The predicted octanol–water partition coefficient (Wildman–Crippen LogP) is 5.98. The smallest absolute Gasteiger partial charge is 0.261 e. The number of Topliss-reactive ketones (excluding diaryl/α,β-unsaturated/α-hetero) is 1. The normalized spacial score (nSPS) is 29.7. The van der Waals surface area contributed by atoms with Crippen molar-refractivity contribution in [1.29, 1.82) is 0 Å². The number of rotatable bonds is 11. The van der Waals surface area contributed by atoms with Crippen molar-refractivity contribution < 1.29 is 18.7 Å². The summed E-state index contributed by atoms with van der Waals surface area (Å²) < 4.78 is 20.3. The third-order valence-electron chi connectivity index (χ3n) is 9.79. The fourth-order valence-corrected chi connectivity index (χ4v) is 13.3. The minimum Gasteiger partial charge on any atom is -0.500 e. The minimum absolute atomic E-state index is 0.189. The SMILES string of the molecule is C=CCC1=C(OC)[C@]2(CO[Si](c3ccccc3)(c3ccccc3)C(C)(C)C)CC(=O)[C@@H]3[C@](CC=C)(C1)[C@@]32OC. The summed E-state index contributed by atoms with van der Waals surface area (Å²) in [5.41, 5.74) is -0.519. The van der Waals surface area contributed by atoms with Crippen LogP contribution in [0.5, 0.6) is 0 Å². The van der Waals surface area contributed by atoms with E-state index in [0.29, 0.717) is 19.4 Å². The fraction of sp³-hybridized carbons (Fsp3) is 0.441. The third kappa shape index (κ3) is 3.52. The summed E-state index contributed by atoms with van der Waals surface area (Å²) in [4.78, 5) is 13.8. The minimum atomic E-state index is -2.87. The van der Waals surface area contributed by atoms with Crippen LogP contribution in [0.25, 0.3) is 0 Å². The molecular formula is C34H42O4Si. The maximum atomic E-state index is 13.8. The van der Waals surface area contributed by atoms with Crippen LogP contribution in [0, 0.1) is 16.7 Å². The average molecular weight is 543 g/mol. The molecule has 0 radical (unpaired) electrons. The largest absolute Gasteiger partial charge is 0.500 e. The molecule has 39 heavy (non-hydrogen) atoms. The summed E-state index contributed by atoms with van der Waals surface area (Å²) in [6.07, 6.45) is 6.42. The number of benzene rings is 2. The lowest BCUT2D eigenvalue weighted by atomic mass is 9.64. The Hall–Kier alpha value is -2.73. The summed E-state index contributed by atoms with van der Waals surface area (Å²) in [7, 11) is 0.625. The molecule has 0 amide bonds. The number of hydrogen-bond acceptors (Lipinski definition) is 4. The molecule has 5 heteroatoms. The van der Waals surface area contributed by atoms with Gasteiger partial charge in [0.1, 0.15) is 17.1 Å². The second kappa shape index (κ2) is 9.72. The van der Waals surface area contributed by atoms with Crippen LogP contribution in [0.2, 0.25) is 5.04 Å².